The second-order valence-electron chi connectivity index (χ2n) is 2.74. The van der Waals surface area contributed by atoms with Crippen LogP contribution < -0.4 is 0 Å². The molecule has 2 heteroatoms. The molecule has 0 rings (SSSR count). The SMILES string of the molecule is CC=CC=CCOC(=O)C(C)C. The summed E-state index contributed by atoms with van der Waals surface area (Å²) in [5, 5.41) is 0. The maximum absolute atomic E-state index is 10.9. The predicted octanol–water partition coefficient (Wildman–Crippen LogP) is 2.32. The van der Waals surface area contributed by atoms with Crippen LogP contribution in [0.1, 0.15) is 20.8 Å². The van der Waals surface area contributed by atoms with Crippen molar-refractivity contribution in [1.29, 1.82) is 0 Å². The number of hydrogen-bond acceptors (Lipinski definition) is 2. The summed E-state index contributed by atoms with van der Waals surface area (Å²) < 4.78 is 4.89. The fraction of sp³-hybridized carbons (Fsp3) is 0.500. The molecule has 12 heavy (non-hydrogen) atoms. The molecule has 0 spiro atoms. The first-order chi connectivity index (χ1) is 5.68. The quantitative estimate of drug-likeness (QED) is 0.475. The van der Waals surface area contributed by atoms with Crippen molar-refractivity contribution in [2.45, 2.75) is 20.8 Å². The molecule has 0 amide bonds. The van der Waals surface area contributed by atoms with Crippen LogP contribution in [0.5, 0.6) is 0 Å². The summed E-state index contributed by atoms with van der Waals surface area (Å²) in [6.07, 6.45) is 7.47. The molecule has 0 N–H and O–H groups in total. The van der Waals surface area contributed by atoms with Crippen molar-refractivity contribution in [2.24, 2.45) is 5.92 Å². The first-order valence-electron chi connectivity index (χ1n) is 4.13. The molecule has 0 heterocycles. The highest BCUT2D eigenvalue weighted by molar-refractivity contribution is 5.71. The van der Waals surface area contributed by atoms with Gasteiger partial charge in [-0.05, 0) is 13.0 Å². The smallest absolute Gasteiger partial charge is 0.308 e. The predicted molar refractivity (Wildman–Crippen MR) is 49.8 cm³/mol. The lowest BCUT2D eigenvalue weighted by molar-refractivity contribution is -0.146. The van der Waals surface area contributed by atoms with Crippen LogP contribution in [-0.4, -0.2) is 12.6 Å². The zero-order valence-electron chi connectivity index (χ0n) is 7.91. The van der Waals surface area contributed by atoms with Gasteiger partial charge in [-0.3, -0.25) is 4.79 Å². The van der Waals surface area contributed by atoms with Crippen molar-refractivity contribution in [3.8, 4) is 0 Å². The van der Waals surface area contributed by atoms with Crippen molar-refractivity contribution in [3.63, 3.8) is 0 Å². The lowest BCUT2D eigenvalue weighted by atomic mass is 10.2. The fourth-order valence-corrected chi connectivity index (χ4v) is 0.542. The van der Waals surface area contributed by atoms with E-state index in [-0.39, 0.29) is 11.9 Å². The molecule has 0 saturated carbocycles. The summed E-state index contributed by atoms with van der Waals surface area (Å²) in [7, 11) is 0. The number of hydrogen-bond donors (Lipinski definition) is 0. The third-order valence-electron chi connectivity index (χ3n) is 1.23. The Morgan fingerprint density at radius 1 is 1.42 bits per heavy atom. The van der Waals surface area contributed by atoms with Crippen molar-refractivity contribution in [3.05, 3.63) is 24.3 Å². The number of ether oxygens (including phenoxy) is 1. The molecule has 0 atom stereocenters. The minimum Gasteiger partial charge on any atom is -0.461 e. The van der Waals surface area contributed by atoms with Gasteiger partial charge in [-0.15, -0.1) is 0 Å². The first-order valence-corrected chi connectivity index (χ1v) is 4.13. The van der Waals surface area contributed by atoms with Gasteiger partial charge in [0.1, 0.15) is 6.61 Å². The van der Waals surface area contributed by atoms with E-state index in [4.69, 9.17) is 4.74 Å². The van der Waals surface area contributed by atoms with Gasteiger partial charge in [0, 0.05) is 0 Å². The zero-order chi connectivity index (χ0) is 9.40. The molecule has 0 aromatic rings. The van der Waals surface area contributed by atoms with E-state index in [0.717, 1.165) is 0 Å². The van der Waals surface area contributed by atoms with Gasteiger partial charge in [0.25, 0.3) is 0 Å². The van der Waals surface area contributed by atoms with Gasteiger partial charge in [-0.1, -0.05) is 32.1 Å². The molecular weight excluding hydrogens is 152 g/mol. The van der Waals surface area contributed by atoms with Crippen LogP contribution in [0.4, 0.5) is 0 Å². The number of allylic oxidation sites excluding steroid dienone is 3. The molecule has 0 aromatic heterocycles. The van der Waals surface area contributed by atoms with E-state index in [9.17, 15) is 4.79 Å². The third kappa shape index (κ3) is 5.71. The van der Waals surface area contributed by atoms with Crippen molar-refractivity contribution >= 4 is 5.97 Å². The maximum atomic E-state index is 10.9. The van der Waals surface area contributed by atoms with Gasteiger partial charge in [-0.2, -0.15) is 0 Å². The molecule has 0 aromatic carbocycles. The lowest BCUT2D eigenvalue weighted by Crippen LogP contribution is -2.11. The zero-order valence-corrected chi connectivity index (χ0v) is 7.91. The fourth-order valence-electron chi connectivity index (χ4n) is 0.542. The molecule has 0 bridgehead atoms. The van der Waals surface area contributed by atoms with Gasteiger partial charge in [0.2, 0.25) is 0 Å². The van der Waals surface area contributed by atoms with E-state index in [1.54, 1.807) is 6.08 Å². The molecule has 0 unspecified atom stereocenters. The summed E-state index contributed by atoms with van der Waals surface area (Å²) in [5.74, 6) is -0.194. The Hall–Kier alpha value is -1.05. The van der Waals surface area contributed by atoms with Crippen LogP contribution in [0.3, 0.4) is 0 Å². The molecule has 0 saturated heterocycles. The number of rotatable bonds is 4. The maximum Gasteiger partial charge on any atom is 0.308 e. The number of carbonyl (C=O) groups excluding carboxylic acids is 1. The summed E-state index contributed by atoms with van der Waals surface area (Å²) in [6, 6.07) is 0. The highest BCUT2D eigenvalue weighted by Gasteiger charge is 2.05. The molecule has 68 valence electrons. The Kier molecular flexibility index (Phi) is 6.07. The monoisotopic (exact) mass is 168 g/mol. The third-order valence-corrected chi connectivity index (χ3v) is 1.23. The highest BCUT2D eigenvalue weighted by atomic mass is 16.5. The Morgan fingerprint density at radius 3 is 2.58 bits per heavy atom. The van der Waals surface area contributed by atoms with Crippen LogP contribution in [0.15, 0.2) is 24.3 Å². The minimum atomic E-state index is -0.153. The summed E-state index contributed by atoms with van der Waals surface area (Å²) in [5.41, 5.74) is 0. The van der Waals surface area contributed by atoms with Crippen LogP contribution >= 0.6 is 0 Å². The Morgan fingerprint density at radius 2 is 2.08 bits per heavy atom. The van der Waals surface area contributed by atoms with E-state index in [1.165, 1.54) is 0 Å². The van der Waals surface area contributed by atoms with Crippen molar-refractivity contribution < 1.29 is 9.53 Å². The molecule has 2 nitrogen and oxygen atoms in total. The van der Waals surface area contributed by atoms with Gasteiger partial charge < -0.3 is 4.74 Å². The summed E-state index contributed by atoms with van der Waals surface area (Å²) >= 11 is 0. The normalized spacial score (nSPS) is 11.7. The Bertz CT molecular complexity index is 178. The van der Waals surface area contributed by atoms with Crippen molar-refractivity contribution in [1.82, 2.24) is 0 Å². The van der Waals surface area contributed by atoms with Crippen LogP contribution in [0, 0.1) is 5.92 Å². The van der Waals surface area contributed by atoms with Crippen molar-refractivity contribution in [2.75, 3.05) is 6.61 Å². The largest absolute Gasteiger partial charge is 0.461 e. The Labute approximate surface area is 73.9 Å². The van der Waals surface area contributed by atoms with Crippen LogP contribution in [0.25, 0.3) is 0 Å². The van der Waals surface area contributed by atoms with Gasteiger partial charge >= 0.3 is 5.97 Å². The van der Waals surface area contributed by atoms with E-state index in [0.29, 0.717) is 6.61 Å². The van der Waals surface area contributed by atoms with Crippen LogP contribution in [0.2, 0.25) is 0 Å². The average Bonchev–Trinajstić information content (AvgIpc) is 2.03. The van der Waals surface area contributed by atoms with Gasteiger partial charge in [0.05, 0.1) is 5.92 Å². The topological polar surface area (TPSA) is 26.3 Å². The summed E-state index contributed by atoms with van der Waals surface area (Å²) in [6.45, 7) is 5.93. The minimum absolute atomic E-state index is 0.0416. The lowest BCUT2D eigenvalue weighted by Gasteiger charge is -2.02. The van der Waals surface area contributed by atoms with E-state index >= 15 is 0 Å². The highest BCUT2D eigenvalue weighted by Crippen LogP contribution is 1.95. The Balaban J connectivity index is 3.50. The van der Waals surface area contributed by atoms with Gasteiger partial charge in [-0.25, -0.2) is 0 Å². The van der Waals surface area contributed by atoms with Gasteiger partial charge in [0.15, 0.2) is 0 Å². The molecule has 0 radical (unpaired) electrons. The second kappa shape index (κ2) is 6.65. The standard InChI is InChI=1S/C10H16O2/c1-4-5-6-7-8-12-10(11)9(2)3/h4-7,9H,8H2,1-3H3. The number of carbonyl (C=O) groups is 1. The van der Waals surface area contributed by atoms with E-state index in [2.05, 4.69) is 0 Å². The molecule has 0 aliphatic rings. The van der Waals surface area contributed by atoms with E-state index in [1.807, 2.05) is 39.0 Å². The summed E-state index contributed by atoms with van der Waals surface area (Å²) in [4.78, 5) is 10.9. The first kappa shape index (κ1) is 11.0. The molecule has 0 fully saturated rings. The number of esters is 1. The second-order valence-corrected chi connectivity index (χ2v) is 2.74. The molecular formula is C10H16O2. The van der Waals surface area contributed by atoms with Crippen LogP contribution in [-0.2, 0) is 9.53 Å². The average molecular weight is 168 g/mol. The molecule has 0 aliphatic carbocycles. The molecule has 0 aliphatic heterocycles. The van der Waals surface area contributed by atoms with E-state index < -0.39 is 0 Å².